The minimum Gasteiger partial charge on any atom is -0.480 e. The number of nitrogens with one attached hydrogen (secondary N) is 1. The van der Waals surface area contributed by atoms with E-state index < -0.39 is 30.0 Å². The van der Waals surface area contributed by atoms with Gasteiger partial charge in [0.05, 0.1) is 5.39 Å². The van der Waals surface area contributed by atoms with E-state index in [9.17, 15) is 14.4 Å². The fourth-order valence-corrected chi connectivity index (χ4v) is 2.61. The molecule has 2 aromatic carbocycles. The second kappa shape index (κ2) is 7.56. The number of carbonyl (C=O) groups excluding carboxylic acids is 1. The highest BCUT2D eigenvalue weighted by Crippen LogP contribution is 2.13. The predicted octanol–water partition coefficient (Wildman–Crippen LogP) is 0.776. The molecule has 3 aromatic rings. The first-order valence-corrected chi connectivity index (χ1v) is 7.94. The molecule has 1 aromatic heterocycles. The molecule has 0 saturated carbocycles. The summed E-state index contributed by atoms with van der Waals surface area (Å²) in [4.78, 5) is 36.1. The molecule has 2 N–H and O–H groups in total. The van der Waals surface area contributed by atoms with E-state index in [1.54, 1.807) is 24.3 Å². The summed E-state index contributed by atoms with van der Waals surface area (Å²) >= 11 is 0. The van der Waals surface area contributed by atoms with Gasteiger partial charge < -0.3 is 10.4 Å². The normalized spacial score (nSPS) is 11.8. The average molecular weight is 352 g/mol. The summed E-state index contributed by atoms with van der Waals surface area (Å²) in [7, 11) is 0. The number of aliphatic carboxylic acids is 1. The van der Waals surface area contributed by atoms with Crippen LogP contribution < -0.4 is 10.9 Å². The van der Waals surface area contributed by atoms with Gasteiger partial charge in [-0.25, -0.2) is 0 Å². The molecule has 0 saturated heterocycles. The van der Waals surface area contributed by atoms with E-state index in [1.165, 1.54) is 0 Å². The molecule has 1 heterocycles. The second-order valence-electron chi connectivity index (χ2n) is 5.67. The summed E-state index contributed by atoms with van der Waals surface area (Å²) in [6.07, 6.45) is 0.180. The first kappa shape index (κ1) is 17.3. The third-order valence-electron chi connectivity index (χ3n) is 3.87. The van der Waals surface area contributed by atoms with Crippen molar-refractivity contribution in [2.24, 2.45) is 0 Å². The lowest BCUT2D eigenvalue weighted by molar-refractivity contribution is -0.138. The van der Waals surface area contributed by atoms with E-state index in [0.29, 0.717) is 10.9 Å². The van der Waals surface area contributed by atoms with E-state index in [0.717, 1.165) is 10.2 Å². The molecule has 0 radical (unpaired) electrons. The number of benzene rings is 2. The van der Waals surface area contributed by atoms with Crippen LogP contribution in [0.4, 0.5) is 0 Å². The Hall–Kier alpha value is -3.55. The summed E-state index contributed by atoms with van der Waals surface area (Å²) in [5.41, 5.74) is 0.782. The molecule has 0 aliphatic carbocycles. The maximum atomic E-state index is 12.8. The number of nitrogens with zero attached hydrogens (tertiary/aromatic N) is 3. The zero-order valence-corrected chi connectivity index (χ0v) is 13.7. The highest BCUT2D eigenvalue weighted by molar-refractivity contribution is 5.84. The smallest absolute Gasteiger partial charge is 0.322 e. The number of hydrogen-bond donors (Lipinski definition) is 2. The van der Waals surface area contributed by atoms with Crippen LogP contribution in [0.15, 0.2) is 59.4 Å². The maximum absolute atomic E-state index is 12.8. The number of fused-ring (bicyclic) bond motifs is 1. The Kier molecular flexibility index (Phi) is 5.02. The summed E-state index contributed by atoms with van der Waals surface area (Å²) in [5, 5.41) is 19.3. The Morgan fingerprint density at radius 1 is 1.08 bits per heavy atom. The Morgan fingerprint density at radius 3 is 2.50 bits per heavy atom. The molecule has 8 nitrogen and oxygen atoms in total. The Labute approximate surface area is 148 Å². The summed E-state index contributed by atoms with van der Waals surface area (Å²) in [5.74, 6) is -1.78. The molecule has 0 unspecified atom stereocenters. The number of rotatable bonds is 6. The highest BCUT2D eigenvalue weighted by atomic mass is 16.4. The van der Waals surface area contributed by atoms with Crippen LogP contribution in [-0.4, -0.2) is 38.5 Å². The number of carboxylic acid groups (broad SMARTS) is 1. The standard InChI is InChI=1S/C18H16N4O4/c23-16(24)11-19-17(25)15(10-12-6-2-1-3-7-12)22-18(26)13-8-4-5-9-14(13)20-21-22/h1-9,15H,10-11H2,(H,19,25)(H,23,24)/t15-/m0/s1. The number of hydrogen-bond acceptors (Lipinski definition) is 5. The summed E-state index contributed by atoms with van der Waals surface area (Å²) in [6.45, 7) is -0.542. The van der Waals surface area contributed by atoms with Gasteiger partial charge in [0.1, 0.15) is 18.1 Å². The first-order valence-electron chi connectivity index (χ1n) is 7.94. The number of carboxylic acids is 1. The molecular weight excluding hydrogens is 336 g/mol. The molecule has 0 fully saturated rings. The molecule has 1 amide bonds. The van der Waals surface area contributed by atoms with Crippen LogP contribution in [0, 0.1) is 0 Å². The quantitative estimate of drug-likeness (QED) is 0.677. The van der Waals surface area contributed by atoms with Gasteiger partial charge in [0.25, 0.3) is 5.56 Å². The van der Waals surface area contributed by atoms with Gasteiger partial charge in [-0.05, 0) is 17.7 Å². The average Bonchev–Trinajstić information content (AvgIpc) is 2.66. The largest absolute Gasteiger partial charge is 0.480 e. The molecule has 0 aliphatic heterocycles. The summed E-state index contributed by atoms with van der Waals surface area (Å²) in [6, 6.07) is 14.8. The predicted molar refractivity (Wildman–Crippen MR) is 93.6 cm³/mol. The van der Waals surface area contributed by atoms with Crippen LogP contribution in [0.1, 0.15) is 11.6 Å². The lowest BCUT2D eigenvalue weighted by Gasteiger charge is -2.17. The van der Waals surface area contributed by atoms with Crippen molar-refractivity contribution in [3.05, 3.63) is 70.5 Å². The maximum Gasteiger partial charge on any atom is 0.322 e. The van der Waals surface area contributed by atoms with E-state index in [-0.39, 0.29) is 6.42 Å². The van der Waals surface area contributed by atoms with Crippen molar-refractivity contribution in [3.63, 3.8) is 0 Å². The molecule has 1 atom stereocenters. The van der Waals surface area contributed by atoms with Crippen LogP contribution in [0.2, 0.25) is 0 Å². The Bertz CT molecular complexity index is 1000. The third-order valence-corrected chi connectivity index (χ3v) is 3.87. The van der Waals surface area contributed by atoms with Crippen LogP contribution in [0.25, 0.3) is 10.9 Å². The second-order valence-corrected chi connectivity index (χ2v) is 5.67. The fourth-order valence-electron chi connectivity index (χ4n) is 2.61. The van der Waals surface area contributed by atoms with Gasteiger partial charge in [-0.3, -0.25) is 14.4 Å². The Morgan fingerprint density at radius 2 is 1.77 bits per heavy atom. The van der Waals surface area contributed by atoms with Gasteiger partial charge in [-0.2, -0.15) is 4.68 Å². The van der Waals surface area contributed by atoms with E-state index in [1.807, 2.05) is 30.3 Å². The van der Waals surface area contributed by atoms with Crippen LogP contribution >= 0.6 is 0 Å². The van der Waals surface area contributed by atoms with Crippen molar-refractivity contribution in [2.45, 2.75) is 12.5 Å². The van der Waals surface area contributed by atoms with Gasteiger partial charge in [-0.1, -0.05) is 47.7 Å². The van der Waals surface area contributed by atoms with Gasteiger partial charge in [0, 0.05) is 6.42 Å². The van der Waals surface area contributed by atoms with Crippen LogP contribution in [0.3, 0.4) is 0 Å². The van der Waals surface area contributed by atoms with Crippen molar-refractivity contribution in [2.75, 3.05) is 6.54 Å². The lowest BCUT2D eigenvalue weighted by Crippen LogP contribution is -2.41. The molecule has 3 rings (SSSR count). The molecule has 8 heteroatoms. The van der Waals surface area contributed by atoms with Crippen molar-refractivity contribution in [1.29, 1.82) is 0 Å². The number of carbonyl (C=O) groups is 2. The van der Waals surface area contributed by atoms with Crippen LogP contribution in [0.5, 0.6) is 0 Å². The van der Waals surface area contributed by atoms with Crippen molar-refractivity contribution in [3.8, 4) is 0 Å². The van der Waals surface area contributed by atoms with Gasteiger partial charge in [-0.15, -0.1) is 5.10 Å². The Balaban J connectivity index is 2.02. The first-order chi connectivity index (χ1) is 12.6. The fraction of sp³-hybridized carbons (Fsp3) is 0.167. The topological polar surface area (TPSA) is 114 Å². The van der Waals surface area contributed by atoms with Crippen molar-refractivity contribution >= 4 is 22.8 Å². The summed E-state index contributed by atoms with van der Waals surface area (Å²) < 4.78 is 1.01. The molecule has 26 heavy (non-hydrogen) atoms. The molecule has 132 valence electrons. The van der Waals surface area contributed by atoms with Crippen LogP contribution in [-0.2, 0) is 16.0 Å². The molecule has 0 spiro atoms. The van der Waals surface area contributed by atoms with Gasteiger partial charge in [0.15, 0.2) is 0 Å². The van der Waals surface area contributed by atoms with E-state index in [4.69, 9.17) is 5.11 Å². The zero-order chi connectivity index (χ0) is 18.5. The lowest BCUT2D eigenvalue weighted by atomic mass is 10.1. The van der Waals surface area contributed by atoms with E-state index >= 15 is 0 Å². The van der Waals surface area contributed by atoms with Crippen molar-refractivity contribution in [1.82, 2.24) is 20.3 Å². The molecule has 0 aliphatic rings. The zero-order valence-electron chi connectivity index (χ0n) is 13.7. The number of aromatic nitrogens is 3. The highest BCUT2D eigenvalue weighted by Gasteiger charge is 2.25. The SMILES string of the molecule is O=C(O)CNC(=O)[C@H](Cc1ccccc1)n1nnc2ccccc2c1=O. The molecular formula is C18H16N4O4. The minimum atomic E-state index is -1.17. The van der Waals surface area contributed by atoms with Gasteiger partial charge in [0.2, 0.25) is 5.91 Å². The van der Waals surface area contributed by atoms with Gasteiger partial charge >= 0.3 is 5.97 Å². The monoisotopic (exact) mass is 352 g/mol. The van der Waals surface area contributed by atoms with E-state index in [2.05, 4.69) is 15.6 Å². The minimum absolute atomic E-state index is 0.180. The molecule has 0 bridgehead atoms. The van der Waals surface area contributed by atoms with Crippen molar-refractivity contribution < 1.29 is 14.7 Å². The third kappa shape index (κ3) is 3.75. The number of amides is 1.